The van der Waals surface area contributed by atoms with Crippen molar-refractivity contribution in [2.75, 3.05) is 39.4 Å². The lowest BCUT2D eigenvalue weighted by molar-refractivity contribution is -0.000982. The molecule has 140 valence electrons. The molecule has 2 aliphatic rings. The Bertz CT molecular complexity index is 781. The fourth-order valence-electron chi connectivity index (χ4n) is 3.99. The molecule has 0 saturated carbocycles. The van der Waals surface area contributed by atoms with E-state index in [1.54, 1.807) is 16.8 Å². The molecule has 4 rings (SSSR count). The number of fused-ring (bicyclic) bond motifs is 1. The number of hydrogen-bond donors (Lipinski definition) is 0. The SMILES string of the molecule is CC(C1CCN(C(=O)c2cn3cc(Cl)cnc3n2)CC1)N1CCOCC1. The van der Waals surface area contributed by atoms with E-state index in [1.807, 2.05) is 4.90 Å². The summed E-state index contributed by atoms with van der Waals surface area (Å²) in [5.41, 5.74) is 0.430. The lowest BCUT2D eigenvalue weighted by Gasteiger charge is -2.40. The number of nitrogens with zero attached hydrogens (tertiary/aromatic N) is 5. The highest BCUT2D eigenvalue weighted by Crippen LogP contribution is 2.25. The lowest BCUT2D eigenvalue weighted by Crippen LogP contribution is -2.49. The highest BCUT2D eigenvalue weighted by atomic mass is 35.5. The first kappa shape index (κ1) is 17.7. The average molecular weight is 378 g/mol. The molecule has 1 amide bonds. The quantitative estimate of drug-likeness (QED) is 0.818. The van der Waals surface area contributed by atoms with Gasteiger partial charge in [0.05, 0.1) is 24.4 Å². The maximum Gasteiger partial charge on any atom is 0.274 e. The van der Waals surface area contributed by atoms with Gasteiger partial charge in [-0.15, -0.1) is 0 Å². The Morgan fingerprint density at radius 1 is 1.23 bits per heavy atom. The zero-order valence-corrected chi connectivity index (χ0v) is 15.7. The van der Waals surface area contributed by atoms with E-state index in [9.17, 15) is 4.79 Å². The molecule has 2 fully saturated rings. The standard InChI is InChI=1S/C18H24ClN5O2/c1-13(22-6-8-26-9-7-22)14-2-4-23(5-3-14)17(25)16-12-24-11-15(19)10-20-18(24)21-16/h10-14H,2-9H2,1H3. The van der Waals surface area contributed by atoms with E-state index in [0.29, 0.717) is 28.5 Å². The zero-order chi connectivity index (χ0) is 18.1. The van der Waals surface area contributed by atoms with Crippen molar-refractivity contribution < 1.29 is 9.53 Å². The highest BCUT2D eigenvalue weighted by molar-refractivity contribution is 6.30. The van der Waals surface area contributed by atoms with Crippen LogP contribution < -0.4 is 0 Å². The van der Waals surface area contributed by atoms with E-state index in [4.69, 9.17) is 16.3 Å². The Kier molecular flexibility index (Phi) is 5.11. The monoisotopic (exact) mass is 377 g/mol. The molecule has 0 spiro atoms. The first-order valence-corrected chi connectivity index (χ1v) is 9.61. The minimum absolute atomic E-state index is 0.0240. The summed E-state index contributed by atoms with van der Waals surface area (Å²) in [5, 5.41) is 0.520. The summed E-state index contributed by atoms with van der Waals surface area (Å²) in [7, 11) is 0. The van der Waals surface area contributed by atoms with Crippen molar-refractivity contribution in [1.29, 1.82) is 0 Å². The number of ether oxygens (including phenoxy) is 1. The van der Waals surface area contributed by atoms with Gasteiger partial charge >= 0.3 is 0 Å². The van der Waals surface area contributed by atoms with Crippen molar-refractivity contribution in [2.45, 2.75) is 25.8 Å². The summed E-state index contributed by atoms with van der Waals surface area (Å²) >= 11 is 5.95. The van der Waals surface area contributed by atoms with Crippen LogP contribution in [0.2, 0.25) is 5.02 Å². The van der Waals surface area contributed by atoms with E-state index in [-0.39, 0.29) is 5.91 Å². The van der Waals surface area contributed by atoms with Gasteiger partial charge in [0.2, 0.25) is 5.78 Å². The molecular formula is C18H24ClN5O2. The minimum atomic E-state index is -0.0240. The molecule has 2 aromatic heterocycles. The molecule has 0 radical (unpaired) electrons. The smallest absolute Gasteiger partial charge is 0.274 e. The Balaban J connectivity index is 1.38. The molecule has 0 aliphatic carbocycles. The molecule has 1 unspecified atom stereocenters. The van der Waals surface area contributed by atoms with Gasteiger partial charge in [0.1, 0.15) is 5.69 Å². The van der Waals surface area contributed by atoms with Crippen molar-refractivity contribution >= 4 is 23.3 Å². The number of piperidine rings is 1. The number of amides is 1. The minimum Gasteiger partial charge on any atom is -0.379 e. The Morgan fingerprint density at radius 3 is 2.69 bits per heavy atom. The maximum absolute atomic E-state index is 12.8. The third kappa shape index (κ3) is 3.56. The van der Waals surface area contributed by atoms with Crippen LogP contribution in [0.4, 0.5) is 0 Å². The van der Waals surface area contributed by atoms with Crippen molar-refractivity contribution in [2.24, 2.45) is 5.92 Å². The van der Waals surface area contributed by atoms with Crippen molar-refractivity contribution in [1.82, 2.24) is 24.2 Å². The van der Waals surface area contributed by atoms with Gasteiger partial charge in [0, 0.05) is 44.6 Å². The largest absolute Gasteiger partial charge is 0.379 e. The van der Waals surface area contributed by atoms with Crippen LogP contribution in [0.5, 0.6) is 0 Å². The van der Waals surface area contributed by atoms with Gasteiger partial charge in [-0.3, -0.25) is 14.1 Å². The highest BCUT2D eigenvalue weighted by Gasteiger charge is 2.31. The topological polar surface area (TPSA) is 63.0 Å². The molecule has 1 atom stereocenters. The van der Waals surface area contributed by atoms with Gasteiger partial charge in [0.15, 0.2) is 0 Å². The average Bonchev–Trinajstić information content (AvgIpc) is 3.11. The second-order valence-electron chi connectivity index (χ2n) is 7.12. The molecule has 2 aliphatic heterocycles. The number of halogens is 1. The summed E-state index contributed by atoms with van der Waals surface area (Å²) in [6, 6.07) is 0.540. The van der Waals surface area contributed by atoms with Gasteiger partial charge < -0.3 is 9.64 Å². The molecule has 0 bridgehead atoms. The number of hydrogen-bond acceptors (Lipinski definition) is 5. The van der Waals surface area contributed by atoms with Crippen LogP contribution in [-0.2, 0) is 4.74 Å². The second-order valence-corrected chi connectivity index (χ2v) is 7.56. The molecule has 2 aromatic rings. The van der Waals surface area contributed by atoms with Crippen LogP contribution in [0.1, 0.15) is 30.3 Å². The molecule has 7 nitrogen and oxygen atoms in total. The molecule has 0 aromatic carbocycles. The zero-order valence-electron chi connectivity index (χ0n) is 15.0. The van der Waals surface area contributed by atoms with Crippen LogP contribution in [-0.4, -0.2) is 75.5 Å². The van der Waals surface area contributed by atoms with Crippen molar-refractivity contribution in [3.63, 3.8) is 0 Å². The number of carbonyl (C=O) groups is 1. The third-order valence-electron chi connectivity index (χ3n) is 5.63. The number of carbonyl (C=O) groups excluding carboxylic acids is 1. The number of morpholine rings is 1. The van der Waals surface area contributed by atoms with Gasteiger partial charge in [-0.25, -0.2) is 9.97 Å². The Morgan fingerprint density at radius 2 is 1.96 bits per heavy atom. The summed E-state index contributed by atoms with van der Waals surface area (Å²) < 4.78 is 7.15. The number of likely N-dealkylation sites (tertiary alicyclic amines) is 1. The lowest BCUT2D eigenvalue weighted by atomic mass is 9.89. The molecule has 26 heavy (non-hydrogen) atoms. The Labute approximate surface area is 157 Å². The number of aromatic nitrogens is 3. The van der Waals surface area contributed by atoms with Gasteiger partial charge in [-0.1, -0.05) is 11.6 Å². The summed E-state index contributed by atoms with van der Waals surface area (Å²) in [5.74, 6) is 1.09. The summed E-state index contributed by atoms with van der Waals surface area (Å²) in [4.78, 5) is 25.7. The second kappa shape index (κ2) is 7.50. The predicted octanol–water partition coefficient (Wildman–Crippen LogP) is 1.96. The van der Waals surface area contributed by atoms with Crippen molar-refractivity contribution in [3.8, 4) is 0 Å². The molecule has 8 heteroatoms. The van der Waals surface area contributed by atoms with E-state index < -0.39 is 0 Å². The van der Waals surface area contributed by atoms with Crippen LogP contribution in [0.3, 0.4) is 0 Å². The van der Waals surface area contributed by atoms with E-state index in [0.717, 1.165) is 52.2 Å². The fourth-order valence-corrected chi connectivity index (χ4v) is 4.15. The van der Waals surface area contributed by atoms with Crippen molar-refractivity contribution in [3.05, 3.63) is 29.3 Å². The van der Waals surface area contributed by atoms with Gasteiger partial charge in [0.25, 0.3) is 5.91 Å². The van der Waals surface area contributed by atoms with E-state index >= 15 is 0 Å². The maximum atomic E-state index is 12.8. The molecule has 0 N–H and O–H groups in total. The van der Waals surface area contributed by atoms with E-state index in [1.165, 1.54) is 6.20 Å². The molecular weight excluding hydrogens is 354 g/mol. The molecule has 2 saturated heterocycles. The number of rotatable bonds is 3. The Hall–Kier alpha value is -1.70. The van der Waals surface area contributed by atoms with Gasteiger partial charge in [-0.05, 0) is 25.7 Å². The predicted molar refractivity (Wildman–Crippen MR) is 98.5 cm³/mol. The first-order chi connectivity index (χ1) is 12.6. The normalized spacial score (nSPS) is 21.2. The number of imidazole rings is 1. The van der Waals surface area contributed by atoms with Crippen LogP contribution in [0.25, 0.3) is 5.78 Å². The summed E-state index contributed by atoms with van der Waals surface area (Å²) in [6.45, 7) is 7.54. The van der Waals surface area contributed by atoms with Gasteiger partial charge in [-0.2, -0.15) is 0 Å². The first-order valence-electron chi connectivity index (χ1n) is 9.23. The molecule has 4 heterocycles. The van der Waals surface area contributed by atoms with Crippen LogP contribution in [0, 0.1) is 5.92 Å². The van der Waals surface area contributed by atoms with Crippen LogP contribution in [0.15, 0.2) is 18.6 Å². The summed E-state index contributed by atoms with van der Waals surface area (Å²) in [6.07, 6.45) is 7.02. The third-order valence-corrected chi connectivity index (χ3v) is 5.82. The van der Waals surface area contributed by atoms with Crippen LogP contribution >= 0.6 is 11.6 Å². The fraction of sp³-hybridized carbons (Fsp3) is 0.611. The van der Waals surface area contributed by atoms with E-state index in [2.05, 4.69) is 21.8 Å².